The smallest absolute Gasteiger partial charge is 0.0908 e. The fraction of sp³-hybridized carbons (Fsp3) is 0. The fourth-order valence-corrected chi connectivity index (χ4v) is 2.25. The quantitative estimate of drug-likeness (QED) is 0.581. The van der Waals surface area contributed by atoms with Gasteiger partial charge >= 0.3 is 0 Å². The average molecular weight is 288 g/mol. The van der Waals surface area contributed by atoms with Crippen LogP contribution in [0.1, 0.15) is 0 Å². The van der Waals surface area contributed by atoms with Crippen molar-refractivity contribution in [2.45, 2.75) is 0 Å². The van der Waals surface area contributed by atoms with Gasteiger partial charge in [0.2, 0.25) is 0 Å². The van der Waals surface area contributed by atoms with Crippen LogP contribution in [-0.4, -0.2) is 29.5 Å². The van der Waals surface area contributed by atoms with E-state index in [4.69, 9.17) is 0 Å². The lowest BCUT2D eigenvalue weighted by Crippen LogP contribution is -1.98. The monoisotopic (exact) mass is 288 g/mol. The van der Waals surface area contributed by atoms with Crippen LogP contribution in [0.3, 0.4) is 0 Å². The van der Waals surface area contributed by atoms with E-state index in [0.29, 0.717) is 0 Å². The minimum atomic E-state index is 0.794. The summed E-state index contributed by atoms with van der Waals surface area (Å²) in [6, 6.07) is 11.5. The van der Waals surface area contributed by atoms with E-state index < -0.39 is 0 Å². The lowest BCUT2D eigenvalue weighted by atomic mass is 10.2. The van der Waals surface area contributed by atoms with Crippen LogP contribution in [0.25, 0.3) is 22.8 Å². The maximum absolute atomic E-state index is 4.41. The molecule has 0 fully saturated rings. The Morgan fingerprint density at radius 2 is 1.14 bits per heavy atom. The molecule has 4 heterocycles. The number of pyridine rings is 2. The number of rotatable bonds is 3. The molecule has 0 aromatic carbocycles. The summed E-state index contributed by atoms with van der Waals surface area (Å²) in [6.07, 6.45) is 10.8. The number of hydrogen-bond acceptors (Lipinski definition) is 4. The zero-order valence-electron chi connectivity index (χ0n) is 11.6. The summed E-state index contributed by atoms with van der Waals surface area (Å²) in [5.41, 5.74) is 3.48. The van der Waals surface area contributed by atoms with Crippen molar-refractivity contribution < 1.29 is 0 Å². The van der Waals surface area contributed by atoms with Gasteiger partial charge in [0.15, 0.2) is 0 Å². The summed E-state index contributed by atoms with van der Waals surface area (Å²) >= 11 is 0. The first-order valence-electron chi connectivity index (χ1n) is 6.83. The zero-order valence-corrected chi connectivity index (χ0v) is 11.6. The van der Waals surface area contributed by atoms with Gasteiger partial charge in [-0.25, -0.2) is 9.36 Å². The third-order valence-corrected chi connectivity index (χ3v) is 3.29. The Hall–Kier alpha value is -3.28. The largest absolute Gasteiger partial charge is 0.254 e. The van der Waals surface area contributed by atoms with Gasteiger partial charge < -0.3 is 0 Å². The van der Waals surface area contributed by atoms with E-state index >= 15 is 0 Å². The lowest BCUT2D eigenvalue weighted by molar-refractivity contribution is 0.875. The van der Waals surface area contributed by atoms with E-state index in [1.165, 1.54) is 0 Å². The van der Waals surface area contributed by atoms with Gasteiger partial charge in [0.1, 0.15) is 0 Å². The predicted molar refractivity (Wildman–Crippen MR) is 81.7 cm³/mol. The molecule has 0 amide bonds. The van der Waals surface area contributed by atoms with Crippen LogP contribution < -0.4 is 0 Å². The van der Waals surface area contributed by atoms with Gasteiger partial charge in [-0.05, 0) is 36.4 Å². The Balaban J connectivity index is 1.76. The van der Waals surface area contributed by atoms with Crippen molar-refractivity contribution in [2.75, 3.05) is 0 Å². The van der Waals surface area contributed by atoms with Gasteiger partial charge in [0, 0.05) is 37.2 Å². The van der Waals surface area contributed by atoms with E-state index in [1.54, 1.807) is 34.2 Å². The van der Waals surface area contributed by atoms with Gasteiger partial charge in [-0.1, -0.05) is 0 Å². The van der Waals surface area contributed by atoms with Gasteiger partial charge in [0.05, 0.1) is 22.8 Å². The highest BCUT2D eigenvalue weighted by molar-refractivity contribution is 5.59. The van der Waals surface area contributed by atoms with E-state index in [-0.39, 0.29) is 0 Å². The van der Waals surface area contributed by atoms with Crippen LogP contribution in [0.4, 0.5) is 0 Å². The topological polar surface area (TPSA) is 61.4 Å². The normalized spacial score (nSPS) is 10.7. The minimum Gasteiger partial charge on any atom is -0.254 e. The Bertz CT molecular complexity index is 805. The molecule has 0 bridgehead atoms. The molecular formula is C16H12N6. The van der Waals surface area contributed by atoms with Crippen molar-refractivity contribution in [3.8, 4) is 22.8 Å². The second-order valence-corrected chi connectivity index (χ2v) is 4.70. The highest BCUT2D eigenvalue weighted by Gasteiger charge is 2.06. The van der Waals surface area contributed by atoms with Gasteiger partial charge in [0.25, 0.3) is 0 Å². The molecule has 0 N–H and O–H groups in total. The summed E-state index contributed by atoms with van der Waals surface area (Å²) < 4.78 is 3.59. The Morgan fingerprint density at radius 3 is 1.55 bits per heavy atom. The molecular weight excluding hydrogens is 276 g/mol. The molecule has 0 aliphatic rings. The molecule has 106 valence electrons. The molecule has 22 heavy (non-hydrogen) atoms. The SMILES string of the molecule is c1cnn(-c2ccnc(-c3cc(-n4cccn4)ccn3)c2)c1. The van der Waals surface area contributed by atoms with Crippen molar-refractivity contribution in [2.24, 2.45) is 0 Å². The summed E-state index contributed by atoms with van der Waals surface area (Å²) in [4.78, 5) is 8.82. The van der Waals surface area contributed by atoms with Crippen molar-refractivity contribution in [1.29, 1.82) is 0 Å². The van der Waals surface area contributed by atoms with Gasteiger partial charge in [-0.15, -0.1) is 0 Å². The van der Waals surface area contributed by atoms with Gasteiger partial charge in [-0.3, -0.25) is 9.97 Å². The highest BCUT2D eigenvalue weighted by atomic mass is 15.3. The minimum absolute atomic E-state index is 0.794. The van der Waals surface area contributed by atoms with Crippen molar-refractivity contribution >= 4 is 0 Å². The van der Waals surface area contributed by atoms with Crippen LogP contribution in [0, 0.1) is 0 Å². The van der Waals surface area contributed by atoms with E-state index in [1.807, 2.05) is 48.8 Å². The van der Waals surface area contributed by atoms with E-state index in [9.17, 15) is 0 Å². The molecule has 0 spiro atoms. The summed E-state index contributed by atoms with van der Waals surface area (Å²) in [6.45, 7) is 0. The molecule has 4 aromatic heterocycles. The van der Waals surface area contributed by atoms with Crippen LogP contribution in [0.15, 0.2) is 73.6 Å². The van der Waals surface area contributed by atoms with Gasteiger partial charge in [-0.2, -0.15) is 10.2 Å². The molecule has 0 unspecified atom stereocenters. The molecule has 4 aromatic rings. The molecule has 0 aliphatic carbocycles. The number of aromatic nitrogens is 6. The average Bonchev–Trinajstić information content (AvgIpc) is 3.29. The first kappa shape index (κ1) is 12.5. The lowest BCUT2D eigenvalue weighted by Gasteiger charge is -2.06. The first-order chi connectivity index (χ1) is 10.9. The standard InChI is InChI=1S/C16H12N6/c1-5-19-21(9-1)13-3-7-17-15(11-13)16-12-14(4-8-18-16)22-10-2-6-20-22/h1-12H. The van der Waals surface area contributed by atoms with Crippen molar-refractivity contribution in [1.82, 2.24) is 29.5 Å². The second kappa shape index (κ2) is 5.25. The Kier molecular flexibility index (Phi) is 2.97. The van der Waals surface area contributed by atoms with Crippen LogP contribution >= 0.6 is 0 Å². The highest BCUT2D eigenvalue weighted by Crippen LogP contribution is 2.19. The number of nitrogens with zero attached hydrogens (tertiary/aromatic N) is 6. The molecule has 0 saturated carbocycles. The van der Waals surface area contributed by atoms with Crippen molar-refractivity contribution in [3.05, 3.63) is 73.6 Å². The van der Waals surface area contributed by atoms with Crippen molar-refractivity contribution in [3.63, 3.8) is 0 Å². The molecule has 0 saturated heterocycles. The molecule has 6 nitrogen and oxygen atoms in total. The summed E-state index contributed by atoms with van der Waals surface area (Å²) in [5, 5.41) is 8.47. The van der Waals surface area contributed by atoms with E-state index in [2.05, 4.69) is 20.2 Å². The third kappa shape index (κ3) is 2.26. The van der Waals surface area contributed by atoms with Crippen LogP contribution in [0.5, 0.6) is 0 Å². The Labute approximate surface area is 126 Å². The van der Waals surface area contributed by atoms with E-state index in [0.717, 1.165) is 22.8 Å². The van der Waals surface area contributed by atoms with Crippen LogP contribution in [0.2, 0.25) is 0 Å². The maximum atomic E-state index is 4.41. The third-order valence-electron chi connectivity index (χ3n) is 3.29. The molecule has 0 atom stereocenters. The molecule has 0 aliphatic heterocycles. The first-order valence-corrected chi connectivity index (χ1v) is 6.83. The molecule has 4 rings (SSSR count). The zero-order chi connectivity index (χ0) is 14.8. The maximum Gasteiger partial charge on any atom is 0.0908 e. The van der Waals surface area contributed by atoms with Crippen LogP contribution in [-0.2, 0) is 0 Å². The predicted octanol–water partition coefficient (Wildman–Crippen LogP) is 2.52. The Morgan fingerprint density at radius 1 is 0.636 bits per heavy atom. The molecule has 6 heteroatoms. The summed E-state index contributed by atoms with van der Waals surface area (Å²) in [7, 11) is 0. The summed E-state index contributed by atoms with van der Waals surface area (Å²) in [5.74, 6) is 0. The fourth-order valence-electron chi connectivity index (χ4n) is 2.25. The second-order valence-electron chi connectivity index (χ2n) is 4.70. The molecule has 0 radical (unpaired) electrons. The number of hydrogen-bond donors (Lipinski definition) is 0.